The van der Waals surface area contributed by atoms with E-state index in [0.717, 1.165) is 18.6 Å². The van der Waals surface area contributed by atoms with Crippen molar-refractivity contribution in [2.24, 2.45) is 0 Å². The lowest BCUT2D eigenvalue weighted by Crippen LogP contribution is -2.91. The minimum Gasteiger partial charge on any atom is -0.491 e. The van der Waals surface area contributed by atoms with Crippen LogP contribution < -0.4 is 10.1 Å². The zero-order chi connectivity index (χ0) is 15.6. The number of para-hydroxylation sites is 1. The summed E-state index contributed by atoms with van der Waals surface area (Å²) in [6.07, 6.45) is 1.74. The third-order valence-corrected chi connectivity index (χ3v) is 3.73. The Labute approximate surface area is 133 Å². The minimum absolute atomic E-state index is 0.339. The molecule has 2 atom stereocenters. The number of hydrogen-bond donors (Lipinski definition) is 2. The van der Waals surface area contributed by atoms with E-state index in [-0.39, 0.29) is 0 Å². The highest BCUT2D eigenvalue weighted by atomic mass is 16.5. The van der Waals surface area contributed by atoms with Crippen molar-refractivity contribution < 1.29 is 15.2 Å². The summed E-state index contributed by atoms with van der Waals surface area (Å²) >= 11 is 0. The van der Waals surface area contributed by atoms with Gasteiger partial charge < -0.3 is 15.2 Å². The Hall–Kier alpha value is -1.84. The van der Waals surface area contributed by atoms with Gasteiger partial charge in [-0.25, -0.2) is 0 Å². The number of ether oxygens (including phenoxy) is 1. The predicted molar refractivity (Wildman–Crippen MR) is 89.0 cm³/mol. The Morgan fingerprint density at radius 1 is 1.00 bits per heavy atom. The van der Waals surface area contributed by atoms with Crippen molar-refractivity contribution in [2.45, 2.75) is 31.9 Å². The maximum atomic E-state index is 9.99. The Balaban J connectivity index is 1.60. The maximum absolute atomic E-state index is 9.99. The van der Waals surface area contributed by atoms with Gasteiger partial charge in [0.15, 0.2) is 0 Å². The molecule has 0 fully saturated rings. The van der Waals surface area contributed by atoms with Crippen LogP contribution >= 0.6 is 0 Å². The molecule has 3 nitrogen and oxygen atoms in total. The van der Waals surface area contributed by atoms with E-state index < -0.39 is 6.10 Å². The van der Waals surface area contributed by atoms with Gasteiger partial charge in [0, 0.05) is 6.42 Å². The van der Waals surface area contributed by atoms with Gasteiger partial charge in [-0.15, -0.1) is 0 Å². The Kier molecular flexibility index (Phi) is 6.94. The van der Waals surface area contributed by atoms with E-state index in [1.54, 1.807) is 0 Å². The number of rotatable bonds is 9. The van der Waals surface area contributed by atoms with Crippen LogP contribution in [0.4, 0.5) is 0 Å². The fraction of sp³-hybridized carbons (Fsp3) is 0.368. The Morgan fingerprint density at radius 2 is 1.64 bits per heavy atom. The standard InChI is InChI=1S/C19H25NO2/c1-16(12-13-17-8-4-2-5-9-17)20-14-18(21)15-22-19-10-6-3-7-11-19/h2-11,16,18,20-21H,12-15H2,1H3/p+1. The quantitative estimate of drug-likeness (QED) is 0.744. The molecule has 22 heavy (non-hydrogen) atoms. The van der Waals surface area contributed by atoms with Crippen molar-refractivity contribution >= 4 is 0 Å². The molecule has 118 valence electrons. The second-order valence-corrected chi connectivity index (χ2v) is 5.75. The smallest absolute Gasteiger partial charge is 0.137 e. The number of aryl methyl sites for hydroxylation is 1. The summed E-state index contributed by atoms with van der Waals surface area (Å²) in [5.74, 6) is 0.804. The SMILES string of the molecule is CC(CCc1ccccc1)[NH2+]CC(O)COc1ccccc1. The number of aliphatic hydroxyl groups excluding tert-OH is 1. The van der Waals surface area contributed by atoms with Gasteiger partial charge in [0.1, 0.15) is 25.0 Å². The molecule has 2 aromatic rings. The van der Waals surface area contributed by atoms with E-state index >= 15 is 0 Å². The lowest BCUT2D eigenvalue weighted by molar-refractivity contribution is -0.692. The average molecular weight is 300 g/mol. The fourth-order valence-electron chi connectivity index (χ4n) is 2.32. The van der Waals surface area contributed by atoms with E-state index in [2.05, 4.69) is 36.5 Å². The van der Waals surface area contributed by atoms with Crippen molar-refractivity contribution in [2.75, 3.05) is 13.2 Å². The number of aliphatic hydroxyl groups is 1. The molecule has 0 saturated heterocycles. The average Bonchev–Trinajstić information content (AvgIpc) is 2.58. The molecule has 0 aliphatic rings. The van der Waals surface area contributed by atoms with E-state index in [4.69, 9.17) is 4.74 Å². The van der Waals surface area contributed by atoms with E-state index in [9.17, 15) is 5.11 Å². The second-order valence-electron chi connectivity index (χ2n) is 5.75. The third-order valence-electron chi connectivity index (χ3n) is 3.73. The highest BCUT2D eigenvalue weighted by molar-refractivity contribution is 5.20. The van der Waals surface area contributed by atoms with Crippen molar-refractivity contribution in [3.05, 3.63) is 66.2 Å². The van der Waals surface area contributed by atoms with Crippen LogP contribution in [0, 0.1) is 0 Å². The normalized spacial score (nSPS) is 13.5. The second kappa shape index (κ2) is 9.23. The summed E-state index contributed by atoms with van der Waals surface area (Å²) in [4.78, 5) is 0. The highest BCUT2D eigenvalue weighted by Gasteiger charge is 2.11. The van der Waals surface area contributed by atoms with Crippen LogP contribution in [0.5, 0.6) is 5.75 Å². The van der Waals surface area contributed by atoms with Crippen LogP contribution in [0.2, 0.25) is 0 Å². The first-order chi connectivity index (χ1) is 10.7. The Morgan fingerprint density at radius 3 is 2.32 bits per heavy atom. The molecule has 0 aromatic heterocycles. The van der Waals surface area contributed by atoms with Gasteiger partial charge in [-0.2, -0.15) is 0 Å². The van der Waals surface area contributed by atoms with Crippen LogP contribution in [0.15, 0.2) is 60.7 Å². The molecule has 0 heterocycles. The van der Waals surface area contributed by atoms with E-state index in [1.807, 2.05) is 36.4 Å². The molecule has 3 heteroatoms. The summed E-state index contributed by atoms with van der Waals surface area (Å²) in [6, 6.07) is 20.6. The van der Waals surface area contributed by atoms with Crippen LogP contribution in [0.1, 0.15) is 18.9 Å². The van der Waals surface area contributed by atoms with Gasteiger partial charge in [0.2, 0.25) is 0 Å². The zero-order valence-corrected chi connectivity index (χ0v) is 13.2. The first-order valence-corrected chi connectivity index (χ1v) is 7.97. The molecule has 2 unspecified atom stereocenters. The van der Waals surface area contributed by atoms with Crippen molar-refractivity contribution in [1.29, 1.82) is 0 Å². The molecule has 0 radical (unpaired) electrons. The topological polar surface area (TPSA) is 46.1 Å². The number of quaternary nitrogens is 1. The van der Waals surface area contributed by atoms with Gasteiger partial charge in [0.25, 0.3) is 0 Å². The lowest BCUT2D eigenvalue weighted by Gasteiger charge is -2.15. The molecule has 0 bridgehead atoms. The van der Waals surface area contributed by atoms with Gasteiger partial charge in [-0.1, -0.05) is 48.5 Å². The summed E-state index contributed by atoms with van der Waals surface area (Å²) < 4.78 is 5.56. The third kappa shape index (κ3) is 6.29. The van der Waals surface area contributed by atoms with Crippen molar-refractivity contribution in [3.8, 4) is 5.75 Å². The molecular weight excluding hydrogens is 274 g/mol. The maximum Gasteiger partial charge on any atom is 0.137 e. The summed E-state index contributed by atoms with van der Waals surface area (Å²) in [7, 11) is 0. The number of nitrogens with two attached hydrogens (primary N) is 1. The first kappa shape index (κ1) is 16.5. The molecule has 3 N–H and O–H groups in total. The number of hydrogen-bond acceptors (Lipinski definition) is 2. The Bertz CT molecular complexity index is 466. The number of benzene rings is 2. The van der Waals surface area contributed by atoms with E-state index in [1.165, 1.54) is 5.56 Å². The van der Waals surface area contributed by atoms with Gasteiger partial charge in [-0.3, -0.25) is 0 Å². The molecule has 0 spiro atoms. The molecule has 0 aliphatic heterocycles. The summed E-state index contributed by atoms with van der Waals surface area (Å²) in [5.41, 5.74) is 1.37. The molecule has 0 saturated carbocycles. The fourth-order valence-corrected chi connectivity index (χ4v) is 2.32. The van der Waals surface area contributed by atoms with Gasteiger partial charge in [0.05, 0.1) is 6.04 Å². The largest absolute Gasteiger partial charge is 0.491 e. The van der Waals surface area contributed by atoms with Crippen LogP contribution in [-0.4, -0.2) is 30.4 Å². The molecule has 0 amide bonds. The summed E-state index contributed by atoms with van der Waals surface area (Å²) in [6.45, 7) is 3.21. The van der Waals surface area contributed by atoms with Crippen molar-refractivity contribution in [3.63, 3.8) is 0 Å². The monoisotopic (exact) mass is 300 g/mol. The summed E-state index contributed by atoms with van der Waals surface area (Å²) in [5, 5.41) is 12.2. The molecule has 0 aliphatic carbocycles. The van der Waals surface area contributed by atoms with Crippen LogP contribution in [-0.2, 0) is 6.42 Å². The van der Waals surface area contributed by atoms with Gasteiger partial charge in [-0.05, 0) is 31.0 Å². The van der Waals surface area contributed by atoms with Crippen molar-refractivity contribution in [1.82, 2.24) is 0 Å². The predicted octanol–water partition coefficient (Wildman–Crippen LogP) is 2.01. The van der Waals surface area contributed by atoms with Crippen LogP contribution in [0.3, 0.4) is 0 Å². The van der Waals surface area contributed by atoms with Crippen LogP contribution in [0.25, 0.3) is 0 Å². The molecular formula is C19H26NO2+. The first-order valence-electron chi connectivity index (χ1n) is 7.97. The van der Waals surface area contributed by atoms with Gasteiger partial charge >= 0.3 is 0 Å². The molecule has 2 aromatic carbocycles. The zero-order valence-electron chi connectivity index (χ0n) is 13.2. The lowest BCUT2D eigenvalue weighted by atomic mass is 10.1. The molecule has 2 rings (SSSR count). The highest BCUT2D eigenvalue weighted by Crippen LogP contribution is 2.08. The van der Waals surface area contributed by atoms with E-state index in [0.29, 0.717) is 19.2 Å². The minimum atomic E-state index is -0.445.